The lowest BCUT2D eigenvalue weighted by atomic mass is 10.1. The van der Waals surface area contributed by atoms with Crippen molar-refractivity contribution in [3.63, 3.8) is 0 Å². The van der Waals surface area contributed by atoms with Crippen LogP contribution in [0.5, 0.6) is 17.2 Å². The first-order valence-electron chi connectivity index (χ1n) is 10.7. The summed E-state index contributed by atoms with van der Waals surface area (Å²) in [6, 6.07) is 12.2. The van der Waals surface area contributed by atoms with E-state index in [0.29, 0.717) is 5.56 Å². The number of esters is 1. The lowest BCUT2D eigenvalue weighted by molar-refractivity contribution is -0.154. The molecule has 0 radical (unpaired) electrons. The van der Waals surface area contributed by atoms with E-state index < -0.39 is 40.5 Å². The maximum atomic E-state index is 13.9. The van der Waals surface area contributed by atoms with Crippen molar-refractivity contribution in [2.75, 3.05) is 0 Å². The highest BCUT2D eigenvalue weighted by Gasteiger charge is 2.40. The number of halogens is 5. The summed E-state index contributed by atoms with van der Waals surface area (Å²) in [5.74, 6) is -4.41. The van der Waals surface area contributed by atoms with Gasteiger partial charge in [0.2, 0.25) is 11.2 Å². The minimum Gasteiger partial charge on any atom is -0.449 e. The number of rotatable bonds is 5. The molecule has 0 amide bonds. The second kappa shape index (κ2) is 10.1. The van der Waals surface area contributed by atoms with Crippen molar-refractivity contribution in [1.29, 1.82) is 0 Å². The molecule has 0 aliphatic heterocycles. The number of alkyl halides is 3. The third kappa shape index (κ3) is 5.67. The zero-order valence-electron chi connectivity index (χ0n) is 19.3. The maximum absolute atomic E-state index is 13.9. The topological polar surface area (TPSA) is 65.7 Å². The van der Waals surface area contributed by atoms with Crippen LogP contribution in [0, 0.1) is 19.7 Å². The van der Waals surface area contributed by atoms with Gasteiger partial charge in [0.25, 0.3) is 5.76 Å². The van der Waals surface area contributed by atoms with Crippen molar-refractivity contribution < 1.29 is 36.2 Å². The highest BCUT2D eigenvalue weighted by Crippen LogP contribution is 2.39. The monoisotopic (exact) mass is 532 g/mol. The molecular weight excluding hydrogens is 516 g/mol. The maximum Gasteiger partial charge on any atom is 0.453 e. The molecule has 0 N–H and O–H groups in total. The fourth-order valence-electron chi connectivity index (χ4n) is 3.40. The van der Waals surface area contributed by atoms with Crippen molar-refractivity contribution in [2.45, 2.75) is 20.0 Å². The fraction of sp³-hybridized carbons (Fsp3) is 0.111. The Bertz CT molecular complexity index is 1590. The molecule has 1 aromatic heterocycles. The number of hydrogen-bond acceptors (Lipinski definition) is 5. The van der Waals surface area contributed by atoms with Crippen molar-refractivity contribution in [3.8, 4) is 17.2 Å². The molecule has 0 saturated heterocycles. The van der Waals surface area contributed by atoms with E-state index in [9.17, 15) is 27.2 Å². The van der Waals surface area contributed by atoms with Crippen molar-refractivity contribution in [2.24, 2.45) is 0 Å². The van der Waals surface area contributed by atoms with Crippen LogP contribution in [0.25, 0.3) is 17.0 Å². The van der Waals surface area contributed by atoms with Crippen LogP contribution in [-0.2, 0) is 11.0 Å². The molecule has 0 aliphatic rings. The number of ether oxygens (including phenoxy) is 2. The Morgan fingerprint density at radius 1 is 1.05 bits per heavy atom. The lowest BCUT2D eigenvalue weighted by Gasteiger charge is -2.15. The van der Waals surface area contributed by atoms with Crippen LogP contribution in [-0.4, -0.2) is 5.97 Å². The van der Waals surface area contributed by atoms with Gasteiger partial charge in [-0.1, -0.05) is 29.8 Å². The lowest BCUT2D eigenvalue weighted by Crippen LogP contribution is -2.16. The number of carbonyl (C=O) groups excluding carboxylic acids is 1. The second-order valence-corrected chi connectivity index (χ2v) is 8.41. The first-order chi connectivity index (χ1) is 17.4. The molecule has 5 nitrogen and oxygen atoms in total. The standard InChI is InChI=1S/C27H17ClF4O5/c1-14-6-7-15(2)21(12-14)36-25-24(34)18-9-8-16(13-22(18)37-26(25)27(30,31)32)35-23(33)11-10-17-19(28)4-3-5-20(17)29/h3-13H,1-2H3/b11-10+. The van der Waals surface area contributed by atoms with Crippen LogP contribution in [0.1, 0.15) is 22.5 Å². The Morgan fingerprint density at radius 3 is 2.51 bits per heavy atom. The molecule has 0 aliphatic carbocycles. The third-order valence-electron chi connectivity index (χ3n) is 5.24. The van der Waals surface area contributed by atoms with E-state index in [1.54, 1.807) is 26.0 Å². The van der Waals surface area contributed by atoms with Crippen LogP contribution in [0.4, 0.5) is 17.6 Å². The van der Waals surface area contributed by atoms with Crippen molar-refractivity contribution >= 4 is 34.6 Å². The molecule has 0 atom stereocenters. The molecule has 0 saturated carbocycles. The van der Waals surface area contributed by atoms with Gasteiger partial charge >= 0.3 is 12.1 Å². The highest BCUT2D eigenvalue weighted by molar-refractivity contribution is 6.32. The predicted octanol–water partition coefficient (Wildman–Crippen LogP) is 7.63. The van der Waals surface area contributed by atoms with Crippen LogP contribution in [0.15, 0.2) is 69.9 Å². The van der Waals surface area contributed by atoms with Gasteiger partial charge in [-0.2, -0.15) is 13.2 Å². The number of aryl methyl sites for hydroxylation is 2. The molecule has 4 rings (SSSR count). The average Bonchev–Trinajstić information content (AvgIpc) is 2.82. The highest BCUT2D eigenvalue weighted by atomic mass is 35.5. The van der Waals surface area contributed by atoms with Crippen LogP contribution in [0.3, 0.4) is 0 Å². The smallest absolute Gasteiger partial charge is 0.449 e. The summed E-state index contributed by atoms with van der Waals surface area (Å²) in [6.45, 7) is 3.35. The number of hydrogen-bond donors (Lipinski definition) is 0. The number of carbonyl (C=O) groups is 1. The van der Waals surface area contributed by atoms with Gasteiger partial charge in [-0.25, -0.2) is 9.18 Å². The molecule has 37 heavy (non-hydrogen) atoms. The Morgan fingerprint density at radius 2 is 1.81 bits per heavy atom. The average molecular weight is 533 g/mol. The summed E-state index contributed by atoms with van der Waals surface area (Å²) in [7, 11) is 0. The SMILES string of the molecule is Cc1ccc(C)c(Oc2c(C(F)(F)F)oc3cc(OC(=O)/C=C/c4c(F)cccc4Cl)ccc3c2=O)c1. The molecule has 0 bridgehead atoms. The normalized spacial score (nSPS) is 11.8. The first kappa shape index (κ1) is 26.0. The van der Waals surface area contributed by atoms with Gasteiger partial charge in [0.15, 0.2) is 0 Å². The summed E-state index contributed by atoms with van der Waals surface area (Å²) in [5.41, 5.74) is -0.336. The zero-order valence-corrected chi connectivity index (χ0v) is 20.0. The summed E-state index contributed by atoms with van der Waals surface area (Å²) >= 11 is 5.90. The molecule has 3 aromatic carbocycles. The summed E-state index contributed by atoms with van der Waals surface area (Å²) in [4.78, 5) is 25.2. The number of fused-ring (bicyclic) bond motifs is 1. The van der Waals surface area contributed by atoms with E-state index in [1.165, 1.54) is 24.3 Å². The van der Waals surface area contributed by atoms with Gasteiger partial charge in [0.1, 0.15) is 22.9 Å². The van der Waals surface area contributed by atoms with Gasteiger partial charge in [0, 0.05) is 17.7 Å². The van der Waals surface area contributed by atoms with E-state index in [0.717, 1.165) is 35.9 Å². The van der Waals surface area contributed by atoms with Gasteiger partial charge in [-0.05, 0) is 61.4 Å². The van der Waals surface area contributed by atoms with E-state index in [4.69, 9.17) is 25.5 Å². The van der Waals surface area contributed by atoms with Gasteiger partial charge in [-0.3, -0.25) is 4.79 Å². The van der Waals surface area contributed by atoms with Gasteiger partial charge in [-0.15, -0.1) is 0 Å². The molecule has 0 unspecified atom stereocenters. The molecule has 4 aromatic rings. The molecule has 190 valence electrons. The molecular formula is C27H17ClF4O5. The zero-order chi connectivity index (χ0) is 26.9. The summed E-state index contributed by atoms with van der Waals surface area (Å²) in [5, 5.41) is -0.156. The Hall–Kier alpha value is -4.11. The second-order valence-electron chi connectivity index (χ2n) is 8.01. The quantitative estimate of drug-likeness (QED) is 0.114. The van der Waals surface area contributed by atoms with E-state index in [-0.39, 0.29) is 27.5 Å². The minimum absolute atomic E-state index is 0.0446. The van der Waals surface area contributed by atoms with E-state index in [2.05, 4.69) is 0 Å². The largest absolute Gasteiger partial charge is 0.453 e. The Balaban J connectivity index is 1.69. The van der Waals surface area contributed by atoms with Gasteiger partial charge < -0.3 is 13.9 Å². The van der Waals surface area contributed by atoms with Gasteiger partial charge in [0.05, 0.1) is 10.4 Å². The summed E-state index contributed by atoms with van der Waals surface area (Å²) in [6.07, 6.45) is -3.07. The van der Waals surface area contributed by atoms with Crippen LogP contribution >= 0.6 is 11.6 Å². The molecule has 10 heteroatoms. The third-order valence-corrected chi connectivity index (χ3v) is 5.57. The fourth-order valence-corrected chi connectivity index (χ4v) is 3.62. The predicted molar refractivity (Wildman–Crippen MR) is 130 cm³/mol. The van der Waals surface area contributed by atoms with E-state index >= 15 is 0 Å². The van der Waals surface area contributed by atoms with Crippen molar-refractivity contribution in [1.82, 2.24) is 0 Å². The molecule has 0 spiro atoms. The van der Waals surface area contributed by atoms with Crippen LogP contribution in [0.2, 0.25) is 5.02 Å². The van der Waals surface area contributed by atoms with E-state index in [1.807, 2.05) is 0 Å². The van der Waals surface area contributed by atoms with Crippen LogP contribution < -0.4 is 14.9 Å². The Kier molecular flexibility index (Phi) is 7.09. The number of benzene rings is 3. The molecule has 1 heterocycles. The first-order valence-corrected chi connectivity index (χ1v) is 11.1. The minimum atomic E-state index is -5.06. The molecule has 0 fully saturated rings. The Labute approximate surface area is 212 Å². The summed E-state index contributed by atoms with van der Waals surface area (Å²) < 4.78 is 70.9. The van der Waals surface area contributed by atoms with Crippen molar-refractivity contribution in [3.05, 3.63) is 104 Å².